The maximum absolute atomic E-state index is 12.6. The molecule has 0 aromatic heterocycles. The van der Waals surface area contributed by atoms with E-state index in [0.717, 1.165) is 32.1 Å². The summed E-state index contributed by atoms with van der Waals surface area (Å²) in [4.78, 5) is 12.6. The van der Waals surface area contributed by atoms with E-state index in [1.54, 1.807) is 0 Å². The molecule has 0 aliphatic heterocycles. The first-order valence-corrected chi connectivity index (χ1v) is 31.6. The highest BCUT2D eigenvalue weighted by Crippen LogP contribution is 2.19. The first-order chi connectivity index (χ1) is 34.0. The Morgan fingerprint density at radius 2 is 0.623 bits per heavy atom. The molecule has 0 radical (unpaired) electrons. The number of aliphatic hydroxyl groups is 3. The number of hydrogen-bond acceptors (Lipinski definition) is 4. The first-order valence-electron chi connectivity index (χ1n) is 31.6. The highest BCUT2D eigenvalue weighted by molar-refractivity contribution is 5.76. The number of allylic oxidation sites excluding steroid dienone is 4. The Labute approximate surface area is 432 Å². The third-order valence-corrected chi connectivity index (χ3v) is 15.0. The van der Waals surface area contributed by atoms with Crippen molar-refractivity contribution in [3.8, 4) is 0 Å². The SMILES string of the molecule is CCCCCCCCCCC/C=C\C/C=C\CCCCCCCCCCCCCCCC(O)CC(=O)NC(CO)C(O)CCCCCCCCCCCCCCCCCCCCCCCCCCC. The maximum atomic E-state index is 12.6. The van der Waals surface area contributed by atoms with E-state index in [-0.39, 0.29) is 18.9 Å². The molecule has 0 aliphatic carbocycles. The Morgan fingerprint density at radius 3 is 0.913 bits per heavy atom. The van der Waals surface area contributed by atoms with Gasteiger partial charge in [-0.3, -0.25) is 4.79 Å². The summed E-state index contributed by atoms with van der Waals surface area (Å²) in [5.74, 6) is -0.277. The summed E-state index contributed by atoms with van der Waals surface area (Å²) >= 11 is 0. The van der Waals surface area contributed by atoms with Crippen LogP contribution in [0, 0.1) is 0 Å². The van der Waals surface area contributed by atoms with Gasteiger partial charge in [0.2, 0.25) is 5.91 Å². The fourth-order valence-electron chi connectivity index (χ4n) is 10.2. The minimum atomic E-state index is -0.750. The lowest BCUT2D eigenvalue weighted by Crippen LogP contribution is -2.46. The number of rotatable bonds is 59. The number of nitrogens with one attached hydrogen (secondary N) is 1. The molecule has 3 unspecified atom stereocenters. The summed E-state index contributed by atoms with van der Waals surface area (Å²) in [6.45, 7) is 4.31. The Kier molecular flexibility index (Phi) is 58.4. The standard InChI is InChI=1S/C64H125NO4/c1-3-5-7-9-11-13-15-17-19-21-23-25-27-29-30-31-32-34-35-37-39-41-43-45-47-49-51-53-55-57-61(67)59-64(69)65-62(60-66)63(68)58-56-54-52-50-48-46-44-42-40-38-36-33-28-26-24-22-20-18-16-14-12-10-8-6-4-2/h23,25,29-30,61-63,66-68H,3-22,24,26-28,31-60H2,1-2H3,(H,65,69)/b25-23-,30-29-. The van der Waals surface area contributed by atoms with Gasteiger partial charge in [0, 0.05) is 0 Å². The quantitative estimate of drug-likeness (QED) is 0.0361. The molecule has 0 fully saturated rings. The zero-order chi connectivity index (χ0) is 50.0. The molecule has 4 N–H and O–H groups in total. The van der Waals surface area contributed by atoms with Crippen molar-refractivity contribution in [2.24, 2.45) is 0 Å². The van der Waals surface area contributed by atoms with E-state index < -0.39 is 18.2 Å². The van der Waals surface area contributed by atoms with Crippen LogP contribution in [0.1, 0.15) is 354 Å². The fraction of sp³-hybridized carbons (Fsp3) is 0.922. The zero-order valence-corrected chi connectivity index (χ0v) is 47.0. The van der Waals surface area contributed by atoms with E-state index >= 15 is 0 Å². The molecule has 0 spiro atoms. The van der Waals surface area contributed by atoms with E-state index in [4.69, 9.17) is 0 Å². The van der Waals surface area contributed by atoms with Crippen LogP contribution in [-0.2, 0) is 4.79 Å². The van der Waals surface area contributed by atoms with Gasteiger partial charge in [0.25, 0.3) is 0 Å². The summed E-state index contributed by atoms with van der Waals surface area (Å²) in [6, 6.07) is -0.659. The van der Waals surface area contributed by atoms with Crippen LogP contribution in [0.25, 0.3) is 0 Å². The zero-order valence-electron chi connectivity index (χ0n) is 47.0. The van der Waals surface area contributed by atoms with Gasteiger partial charge in [0.15, 0.2) is 0 Å². The molecular formula is C64H125NO4. The molecule has 5 nitrogen and oxygen atoms in total. The van der Waals surface area contributed by atoms with Crippen LogP contribution in [0.2, 0.25) is 0 Å². The van der Waals surface area contributed by atoms with E-state index in [2.05, 4.69) is 43.5 Å². The minimum Gasteiger partial charge on any atom is -0.394 e. The van der Waals surface area contributed by atoms with Crippen LogP contribution in [-0.4, -0.2) is 46.1 Å². The van der Waals surface area contributed by atoms with Crippen LogP contribution in [0.3, 0.4) is 0 Å². The number of carbonyl (C=O) groups is 1. The van der Waals surface area contributed by atoms with Gasteiger partial charge in [-0.05, 0) is 44.9 Å². The molecular weight excluding hydrogens is 847 g/mol. The predicted octanol–water partition coefficient (Wildman–Crippen LogP) is 20.0. The summed E-state index contributed by atoms with van der Waals surface area (Å²) in [5.41, 5.74) is 0. The molecule has 0 rings (SSSR count). The number of unbranched alkanes of at least 4 members (excludes halogenated alkanes) is 46. The van der Waals surface area contributed by atoms with E-state index in [0.29, 0.717) is 12.8 Å². The summed E-state index contributed by atoms with van der Waals surface area (Å²) < 4.78 is 0. The lowest BCUT2D eigenvalue weighted by atomic mass is 10.0. The van der Waals surface area contributed by atoms with Crippen molar-refractivity contribution in [2.45, 2.75) is 372 Å². The Bertz CT molecular complexity index is 1030. The second-order valence-corrected chi connectivity index (χ2v) is 22.0. The largest absolute Gasteiger partial charge is 0.394 e. The van der Waals surface area contributed by atoms with Crippen molar-refractivity contribution in [3.05, 3.63) is 24.3 Å². The van der Waals surface area contributed by atoms with E-state index in [9.17, 15) is 20.1 Å². The Balaban J connectivity index is 3.50. The monoisotopic (exact) mass is 972 g/mol. The molecule has 5 heteroatoms. The Hall–Kier alpha value is -1.17. The molecule has 0 aromatic carbocycles. The van der Waals surface area contributed by atoms with Gasteiger partial charge >= 0.3 is 0 Å². The van der Waals surface area contributed by atoms with Gasteiger partial charge in [-0.2, -0.15) is 0 Å². The van der Waals surface area contributed by atoms with E-state index in [1.165, 1.54) is 289 Å². The average molecular weight is 973 g/mol. The van der Waals surface area contributed by atoms with Crippen molar-refractivity contribution < 1.29 is 20.1 Å². The lowest BCUT2D eigenvalue weighted by Gasteiger charge is -2.23. The topological polar surface area (TPSA) is 89.8 Å². The maximum Gasteiger partial charge on any atom is 0.222 e. The van der Waals surface area contributed by atoms with Gasteiger partial charge in [-0.25, -0.2) is 0 Å². The molecule has 69 heavy (non-hydrogen) atoms. The fourth-order valence-corrected chi connectivity index (χ4v) is 10.2. The third kappa shape index (κ3) is 56.0. The van der Waals surface area contributed by atoms with Gasteiger partial charge < -0.3 is 20.6 Å². The molecule has 1 amide bonds. The van der Waals surface area contributed by atoms with Gasteiger partial charge in [0.1, 0.15) is 0 Å². The third-order valence-electron chi connectivity index (χ3n) is 15.0. The highest BCUT2D eigenvalue weighted by atomic mass is 16.3. The molecule has 410 valence electrons. The van der Waals surface area contributed by atoms with Gasteiger partial charge in [0.05, 0.1) is 31.3 Å². The van der Waals surface area contributed by atoms with Crippen molar-refractivity contribution in [2.75, 3.05) is 6.61 Å². The smallest absolute Gasteiger partial charge is 0.222 e. The lowest BCUT2D eigenvalue weighted by molar-refractivity contribution is -0.125. The van der Waals surface area contributed by atoms with Crippen LogP contribution >= 0.6 is 0 Å². The number of carbonyl (C=O) groups excluding carboxylic acids is 1. The second kappa shape index (κ2) is 59.4. The van der Waals surface area contributed by atoms with Crippen molar-refractivity contribution >= 4 is 5.91 Å². The first kappa shape index (κ1) is 67.8. The second-order valence-electron chi connectivity index (χ2n) is 22.0. The summed E-state index contributed by atoms with van der Waals surface area (Å²) in [7, 11) is 0. The molecule has 0 aliphatic rings. The van der Waals surface area contributed by atoms with Crippen LogP contribution < -0.4 is 5.32 Å². The molecule has 0 bridgehead atoms. The van der Waals surface area contributed by atoms with Crippen molar-refractivity contribution in [1.29, 1.82) is 0 Å². The molecule has 0 saturated carbocycles. The number of aliphatic hydroxyl groups excluding tert-OH is 3. The van der Waals surface area contributed by atoms with Crippen LogP contribution in [0.15, 0.2) is 24.3 Å². The highest BCUT2D eigenvalue weighted by Gasteiger charge is 2.21. The van der Waals surface area contributed by atoms with Crippen molar-refractivity contribution in [3.63, 3.8) is 0 Å². The van der Waals surface area contributed by atoms with Crippen LogP contribution in [0.5, 0.6) is 0 Å². The predicted molar refractivity (Wildman–Crippen MR) is 305 cm³/mol. The average Bonchev–Trinajstić information content (AvgIpc) is 3.35. The molecule has 0 saturated heterocycles. The van der Waals surface area contributed by atoms with E-state index in [1.807, 2.05) is 0 Å². The number of hydrogen-bond donors (Lipinski definition) is 4. The normalized spacial score (nSPS) is 13.3. The van der Waals surface area contributed by atoms with Gasteiger partial charge in [-0.15, -0.1) is 0 Å². The van der Waals surface area contributed by atoms with Gasteiger partial charge in [-0.1, -0.05) is 327 Å². The summed E-state index contributed by atoms with van der Waals surface area (Å²) in [6.07, 6.45) is 76.5. The number of amides is 1. The minimum absolute atomic E-state index is 0.0388. The summed E-state index contributed by atoms with van der Waals surface area (Å²) in [5, 5.41) is 33.8. The van der Waals surface area contributed by atoms with Crippen molar-refractivity contribution in [1.82, 2.24) is 5.32 Å². The molecule has 0 aromatic rings. The molecule has 3 atom stereocenters. The molecule has 0 heterocycles. The van der Waals surface area contributed by atoms with Crippen LogP contribution in [0.4, 0.5) is 0 Å². The Morgan fingerprint density at radius 1 is 0.362 bits per heavy atom.